The van der Waals surface area contributed by atoms with Gasteiger partial charge in [-0.25, -0.2) is 4.98 Å². The molecule has 48 heavy (non-hydrogen) atoms. The Kier molecular flexibility index (Phi) is 9.32. The van der Waals surface area contributed by atoms with Gasteiger partial charge in [0.25, 0.3) is 5.91 Å². The summed E-state index contributed by atoms with van der Waals surface area (Å²) in [5, 5.41) is 18.0. The second-order valence-corrected chi connectivity index (χ2v) is 11.9. The molecular weight excluding hydrogens is 618 g/mol. The average Bonchev–Trinajstić information content (AvgIpc) is 3.74. The number of ether oxygens (including phenoxy) is 1. The van der Waals surface area contributed by atoms with Crippen molar-refractivity contribution in [1.29, 1.82) is 0 Å². The van der Waals surface area contributed by atoms with Crippen molar-refractivity contribution in [2.24, 2.45) is 0 Å². The predicted octanol–water partition coefficient (Wildman–Crippen LogP) is 0.954. The summed E-state index contributed by atoms with van der Waals surface area (Å²) in [6, 6.07) is 16.1. The molecule has 5 amide bonds. The Morgan fingerprint density at radius 2 is 1.71 bits per heavy atom. The Balaban J connectivity index is 1.25. The standard InChI is InChI=1S/C34H35N7O7/c1-20-29(42)38-26(18-21-6-3-2-4-7-21)31(44)40-34(13-14-34)33(46)36-16-17-47-23-11-9-22(10-12-23)19-25(30(43)37-20)39-32(45)27-24-8-5-15-35-28(24)41-48-27/h2-12,15,20,25-26H,13-14,16-19H2,1H3,(H,36,46)(H,37,43)(H,38,42)(H,39,45)(H,40,44)/t20-,25-,26+/m0/s1. The normalized spacial score (nSPS) is 21.7. The van der Waals surface area contributed by atoms with Crippen LogP contribution in [0.2, 0.25) is 0 Å². The molecule has 2 bridgehead atoms. The number of hydrogen-bond acceptors (Lipinski definition) is 9. The minimum atomic E-state index is -1.13. The van der Waals surface area contributed by atoms with Gasteiger partial charge in [0.2, 0.25) is 35.0 Å². The topological polar surface area (TPSA) is 194 Å². The number of nitrogens with one attached hydrogen (secondary N) is 5. The van der Waals surface area contributed by atoms with Crippen molar-refractivity contribution < 1.29 is 33.2 Å². The lowest BCUT2D eigenvalue weighted by molar-refractivity contribution is -0.134. The van der Waals surface area contributed by atoms with E-state index in [1.165, 1.54) is 13.1 Å². The van der Waals surface area contributed by atoms with Gasteiger partial charge in [-0.2, -0.15) is 0 Å². The maximum atomic E-state index is 13.7. The number of aromatic nitrogens is 2. The summed E-state index contributed by atoms with van der Waals surface area (Å²) in [6.07, 6.45) is 2.65. The number of hydrogen-bond donors (Lipinski definition) is 5. The Bertz CT molecular complexity index is 1820. The fourth-order valence-electron chi connectivity index (χ4n) is 5.43. The SMILES string of the molecule is C[C@@H]1NC(=O)[C@@H](NC(=O)c2onc3ncccc23)Cc2ccc(cc2)OCCNC(=O)C2(CC2)NC(=O)[C@@H](Cc2ccccc2)NC1=O. The Labute approximate surface area is 275 Å². The summed E-state index contributed by atoms with van der Waals surface area (Å²) in [6.45, 7) is 1.87. The van der Waals surface area contributed by atoms with Crippen LogP contribution in [0.15, 0.2) is 77.4 Å². The van der Waals surface area contributed by atoms with E-state index in [0.717, 1.165) is 5.56 Å². The van der Waals surface area contributed by atoms with Gasteiger partial charge in [-0.05, 0) is 55.2 Å². The molecule has 3 atom stereocenters. The molecular formula is C34H35N7O7. The fraction of sp³-hybridized carbons (Fsp3) is 0.324. The number of fused-ring (bicyclic) bond motifs is 16. The first-order chi connectivity index (χ1) is 23.2. The van der Waals surface area contributed by atoms with E-state index in [4.69, 9.17) is 9.26 Å². The molecule has 1 spiro atoms. The Morgan fingerprint density at radius 1 is 0.938 bits per heavy atom. The van der Waals surface area contributed by atoms with Crippen LogP contribution in [0.4, 0.5) is 0 Å². The molecule has 5 N–H and O–H groups in total. The van der Waals surface area contributed by atoms with Gasteiger partial charge in [0, 0.05) is 19.0 Å². The molecule has 1 fully saturated rings. The maximum Gasteiger partial charge on any atom is 0.291 e. The van der Waals surface area contributed by atoms with E-state index in [2.05, 4.69) is 36.7 Å². The first-order valence-electron chi connectivity index (χ1n) is 15.7. The van der Waals surface area contributed by atoms with Gasteiger partial charge < -0.3 is 35.8 Å². The van der Waals surface area contributed by atoms with Crippen LogP contribution < -0.4 is 31.3 Å². The molecule has 4 heterocycles. The van der Waals surface area contributed by atoms with E-state index in [-0.39, 0.29) is 43.3 Å². The number of carbonyl (C=O) groups excluding carboxylic acids is 5. The van der Waals surface area contributed by atoms with E-state index >= 15 is 0 Å². The molecule has 1 aliphatic carbocycles. The smallest absolute Gasteiger partial charge is 0.291 e. The monoisotopic (exact) mass is 653 g/mol. The van der Waals surface area contributed by atoms with Crippen molar-refractivity contribution in [2.75, 3.05) is 13.2 Å². The van der Waals surface area contributed by atoms with Gasteiger partial charge in [-0.15, -0.1) is 0 Å². The van der Waals surface area contributed by atoms with Crippen molar-refractivity contribution in [3.8, 4) is 5.75 Å². The molecule has 0 unspecified atom stereocenters. The van der Waals surface area contributed by atoms with Crippen LogP contribution >= 0.6 is 0 Å². The highest BCUT2D eigenvalue weighted by Gasteiger charge is 2.51. The summed E-state index contributed by atoms with van der Waals surface area (Å²) in [5.41, 5.74) is 0.654. The van der Waals surface area contributed by atoms with Gasteiger partial charge in [0.1, 0.15) is 36.0 Å². The van der Waals surface area contributed by atoms with Crippen LogP contribution in [0.25, 0.3) is 11.0 Å². The molecule has 0 radical (unpaired) electrons. The molecule has 1 saturated carbocycles. The third kappa shape index (κ3) is 7.43. The number of benzene rings is 2. The molecule has 0 saturated heterocycles. The molecule has 2 aromatic heterocycles. The third-order valence-electron chi connectivity index (χ3n) is 8.32. The van der Waals surface area contributed by atoms with Crippen LogP contribution in [0.5, 0.6) is 5.75 Å². The summed E-state index contributed by atoms with van der Waals surface area (Å²) < 4.78 is 11.0. The van der Waals surface area contributed by atoms with E-state index in [9.17, 15) is 24.0 Å². The van der Waals surface area contributed by atoms with E-state index in [1.54, 1.807) is 36.4 Å². The second kappa shape index (κ2) is 13.9. The highest BCUT2D eigenvalue weighted by molar-refractivity contribution is 6.04. The van der Waals surface area contributed by atoms with Crippen LogP contribution in [0.3, 0.4) is 0 Å². The molecule has 2 aliphatic heterocycles. The lowest BCUT2D eigenvalue weighted by Gasteiger charge is -2.25. The van der Waals surface area contributed by atoms with Crippen LogP contribution in [-0.4, -0.2) is 76.5 Å². The summed E-state index contributed by atoms with van der Waals surface area (Å²) in [4.78, 5) is 71.2. The lowest BCUT2D eigenvalue weighted by Crippen LogP contribution is -2.59. The number of amides is 5. The molecule has 248 valence electrons. The molecule has 4 aromatic rings. The van der Waals surface area contributed by atoms with E-state index < -0.39 is 47.3 Å². The highest BCUT2D eigenvalue weighted by Crippen LogP contribution is 2.35. The minimum Gasteiger partial charge on any atom is -0.492 e. The average molecular weight is 654 g/mol. The Morgan fingerprint density at radius 3 is 2.46 bits per heavy atom. The van der Waals surface area contributed by atoms with Crippen LogP contribution in [0.1, 0.15) is 41.4 Å². The maximum absolute atomic E-state index is 13.7. The van der Waals surface area contributed by atoms with Crippen molar-refractivity contribution >= 4 is 40.6 Å². The van der Waals surface area contributed by atoms with E-state index in [0.29, 0.717) is 29.5 Å². The summed E-state index contributed by atoms with van der Waals surface area (Å²) in [5.74, 6) is -2.37. The first-order valence-corrected chi connectivity index (χ1v) is 15.7. The molecule has 14 nitrogen and oxygen atoms in total. The second-order valence-electron chi connectivity index (χ2n) is 11.9. The number of carbonyl (C=O) groups is 5. The number of rotatable bonds is 4. The van der Waals surface area contributed by atoms with Crippen LogP contribution in [0, 0.1) is 0 Å². The van der Waals surface area contributed by atoms with Crippen LogP contribution in [-0.2, 0) is 32.0 Å². The van der Waals surface area contributed by atoms with Crippen molar-refractivity contribution in [1.82, 2.24) is 36.7 Å². The van der Waals surface area contributed by atoms with Crippen molar-refractivity contribution in [2.45, 2.75) is 56.3 Å². The quantitative estimate of drug-likeness (QED) is 0.200. The zero-order chi connectivity index (χ0) is 33.7. The molecule has 2 aromatic carbocycles. The molecule has 14 heteroatoms. The predicted molar refractivity (Wildman–Crippen MR) is 171 cm³/mol. The largest absolute Gasteiger partial charge is 0.492 e. The fourth-order valence-corrected chi connectivity index (χ4v) is 5.43. The molecule has 7 rings (SSSR count). The summed E-state index contributed by atoms with van der Waals surface area (Å²) >= 11 is 0. The summed E-state index contributed by atoms with van der Waals surface area (Å²) in [7, 11) is 0. The third-order valence-corrected chi connectivity index (χ3v) is 8.32. The van der Waals surface area contributed by atoms with Gasteiger partial charge in [0.05, 0.1) is 11.9 Å². The zero-order valence-corrected chi connectivity index (χ0v) is 26.2. The molecule has 3 aliphatic rings. The van der Waals surface area contributed by atoms with Gasteiger partial charge >= 0.3 is 0 Å². The minimum absolute atomic E-state index is 0.0632. The van der Waals surface area contributed by atoms with Gasteiger partial charge in [0.15, 0.2) is 0 Å². The van der Waals surface area contributed by atoms with Gasteiger partial charge in [-0.3, -0.25) is 24.0 Å². The van der Waals surface area contributed by atoms with Crippen molar-refractivity contribution in [3.63, 3.8) is 0 Å². The van der Waals surface area contributed by atoms with Gasteiger partial charge in [-0.1, -0.05) is 47.6 Å². The highest BCUT2D eigenvalue weighted by atomic mass is 16.5. The van der Waals surface area contributed by atoms with E-state index in [1.807, 2.05) is 30.3 Å². The zero-order valence-electron chi connectivity index (χ0n) is 26.2. The lowest BCUT2D eigenvalue weighted by atomic mass is 10.0. The Hall–Kier alpha value is -5.79. The number of pyridine rings is 1. The number of nitrogens with zero attached hydrogens (tertiary/aromatic N) is 2. The first kappa shape index (κ1) is 32.2. The van der Waals surface area contributed by atoms with Crippen molar-refractivity contribution in [3.05, 3.63) is 89.8 Å².